The van der Waals surface area contributed by atoms with Gasteiger partial charge in [0.25, 0.3) is 0 Å². The van der Waals surface area contributed by atoms with E-state index in [1.807, 2.05) is 24.3 Å². The molecular formula is C18H14FN5OS4. The number of thioether (sulfide) groups is 2. The van der Waals surface area contributed by atoms with E-state index in [2.05, 4.69) is 20.5 Å². The first-order valence-electron chi connectivity index (χ1n) is 8.35. The molecule has 0 bridgehead atoms. The van der Waals surface area contributed by atoms with Crippen LogP contribution in [0.1, 0.15) is 5.56 Å². The Kier molecular flexibility index (Phi) is 6.28. The number of anilines is 2. The first-order valence-corrected chi connectivity index (χ1v) is 12.0. The molecule has 0 aliphatic carbocycles. The van der Waals surface area contributed by atoms with Crippen LogP contribution in [0.2, 0.25) is 0 Å². The van der Waals surface area contributed by atoms with Gasteiger partial charge in [0.15, 0.2) is 8.68 Å². The molecule has 0 radical (unpaired) electrons. The maximum Gasteiger partial charge on any atom is 0.234 e. The van der Waals surface area contributed by atoms with Gasteiger partial charge in [0, 0.05) is 11.4 Å². The topological polar surface area (TPSA) is 93.8 Å². The van der Waals surface area contributed by atoms with Gasteiger partial charge in [-0.3, -0.25) is 4.79 Å². The lowest BCUT2D eigenvalue weighted by Crippen LogP contribution is -2.13. The average molecular weight is 464 g/mol. The second-order valence-corrected chi connectivity index (χ2v) is 10.3. The molecule has 6 nitrogen and oxygen atoms in total. The summed E-state index contributed by atoms with van der Waals surface area (Å²) in [5.74, 6) is 0.393. The number of carbonyl (C=O) groups is 1. The van der Waals surface area contributed by atoms with Crippen molar-refractivity contribution < 1.29 is 9.18 Å². The molecule has 4 rings (SSSR count). The number of nitrogens with zero attached hydrogens (tertiary/aromatic N) is 3. The number of benzene rings is 2. The van der Waals surface area contributed by atoms with Crippen LogP contribution in [0, 0.1) is 5.82 Å². The first-order chi connectivity index (χ1) is 14.1. The van der Waals surface area contributed by atoms with Crippen LogP contribution in [-0.2, 0) is 10.5 Å². The lowest BCUT2D eigenvalue weighted by molar-refractivity contribution is -0.113. The number of hydrogen-bond acceptors (Lipinski definition) is 9. The molecule has 0 saturated heterocycles. The molecule has 2 aromatic carbocycles. The number of nitrogens with one attached hydrogen (secondary N) is 1. The van der Waals surface area contributed by atoms with Crippen molar-refractivity contribution in [3.63, 3.8) is 0 Å². The predicted octanol–water partition coefficient (Wildman–Crippen LogP) is 4.89. The number of rotatable bonds is 7. The molecule has 4 aromatic rings. The van der Waals surface area contributed by atoms with Gasteiger partial charge in [-0.1, -0.05) is 53.1 Å². The van der Waals surface area contributed by atoms with Crippen LogP contribution < -0.4 is 11.1 Å². The van der Waals surface area contributed by atoms with Crippen LogP contribution in [0.25, 0.3) is 10.2 Å². The smallest absolute Gasteiger partial charge is 0.234 e. The Morgan fingerprint density at radius 2 is 1.97 bits per heavy atom. The van der Waals surface area contributed by atoms with Gasteiger partial charge in [-0.2, -0.15) is 0 Å². The highest BCUT2D eigenvalue weighted by Gasteiger charge is 2.10. The molecule has 0 aliphatic rings. The Hall–Kier alpha value is -2.21. The number of hydrogen-bond donors (Lipinski definition) is 2. The van der Waals surface area contributed by atoms with Crippen molar-refractivity contribution in [2.75, 3.05) is 16.8 Å². The van der Waals surface area contributed by atoms with E-state index in [-0.39, 0.29) is 17.5 Å². The summed E-state index contributed by atoms with van der Waals surface area (Å²) < 4.78 is 16.2. The summed E-state index contributed by atoms with van der Waals surface area (Å²) in [4.78, 5) is 16.7. The van der Waals surface area contributed by atoms with Crippen molar-refractivity contribution in [3.8, 4) is 0 Å². The quantitative estimate of drug-likeness (QED) is 0.377. The molecular weight excluding hydrogens is 449 g/mol. The zero-order chi connectivity index (χ0) is 20.2. The van der Waals surface area contributed by atoms with E-state index in [1.165, 1.54) is 52.3 Å². The molecule has 0 spiro atoms. The molecule has 0 atom stereocenters. The standard InChI is InChI=1S/C18H14FN5OS4/c19-12-4-2-1-3-10(12)8-26-17-22-13-6-5-11(7-14(13)28-17)21-15(25)9-27-18-24-23-16(20)29-18/h1-7H,8-9H2,(H2,20,23)(H,21,25). The molecule has 0 fully saturated rings. The lowest BCUT2D eigenvalue weighted by Gasteiger charge is -2.03. The van der Waals surface area contributed by atoms with E-state index in [0.717, 1.165) is 14.6 Å². The summed E-state index contributed by atoms with van der Waals surface area (Å²) in [5, 5.41) is 10.9. The van der Waals surface area contributed by atoms with Crippen molar-refractivity contribution in [2.45, 2.75) is 14.4 Å². The number of fused-ring (bicyclic) bond motifs is 1. The largest absolute Gasteiger partial charge is 0.374 e. The van der Waals surface area contributed by atoms with Gasteiger partial charge in [-0.25, -0.2) is 9.37 Å². The molecule has 29 heavy (non-hydrogen) atoms. The van der Waals surface area contributed by atoms with E-state index in [0.29, 0.717) is 26.5 Å². The highest BCUT2D eigenvalue weighted by Crippen LogP contribution is 2.33. The summed E-state index contributed by atoms with van der Waals surface area (Å²) in [7, 11) is 0. The number of amides is 1. The molecule has 0 aliphatic heterocycles. The van der Waals surface area contributed by atoms with Crippen molar-refractivity contribution in [1.82, 2.24) is 15.2 Å². The van der Waals surface area contributed by atoms with Crippen LogP contribution in [0.15, 0.2) is 51.1 Å². The van der Waals surface area contributed by atoms with Gasteiger partial charge in [0.2, 0.25) is 11.0 Å². The minimum Gasteiger partial charge on any atom is -0.374 e. The van der Waals surface area contributed by atoms with Crippen molar-refractivity contribution in [1.29, 1.82) is 0 Å². The van der Waals surface area contributed by atoms with Crippen molar-refractivity contribution >= 4 is 73.1 Å². The number of halogens is 1. The summed E-state index contributed by atoms with van der Waals surface area (Å²) in [5.41, 5.74) is 7.74. The fourth-order valence-electron chi connectivity index (χ4n) is 2.40. The Balaban J connectivity index is 1.37. The third-order valence-corrected chi connectivity index (χ3v) is 7.81. The zero-order valence-corrected chi connectivity index (χ0v) is 18.1. The molecule has 0 unspecified atom stereocenters. The van der Waals surface area contributed by atoms with Crippen LogP contribution in [0.4, 0.5) is 15.2 Å². The monoisotopic (exact) mass is 463 g/mol. The van der Waals surface area contributed by atoms with Gasteiger partial charge in [0.1, 0.15) is 5.82 Å². The minimum absolute atomic E-state index is 0.137. The molecule has 0 saturated carbocycles. The predicted molar refractivity (Wildman–Crippen MR) is 119 cm³/mol. The highest BCUT2D eigenvalue weighted by molar-refractivity contribution is 8.01. The van der Waals surface area contributed by atoms with Gasteiger partial charge in [-0.05, 0) is 29.8 Å². The third kappa shape index (κ3) is 5.24. The third-order valence-electron chi connectivity index (χ3n) is 3.71. The number of nitrogen functional groups attached to an aromatic ring is 1. The van der Waals surface area contributed by atoms with E-state index in [4.69, 9.17) is 5.73 Å². The maximum absolute atomic E-state index is 13.8. The Morgan fingerprint density at radius 1 is 1.10 bits per heavy atom. The average Bonchev–Trinajstić information content (AvgIpc) is 3.31. The fourth-order valence-corrected chi connectivity index (χ4v) is 5.93. The molecule has 2 aromatic heterocycles. The number of nitrogens with two attached hydrogens (primary N) is 1. The van der Waals surface area contributed by atoms with Gasteiger partial charge >= 0.3 is 0 Å². The van der Waals surface area contributed by atoms with Crippen LogP contribution >= 0.6 is 46.2 Å². The summed E-state index contributed by atoms with van der Waals surface area (Å²) in [6, 6.07) is 12.3. The van der Waals surface area contributed by atoms with E-state index in [1.54, 1.807) is 12.1 Å². The van der Waals surface area contributed by atoms with E-state index < -0.39 is 0 Å². The lowest BCUT2D eigenvalue weighted by atomic mass is 10.2. The first kappa shape index (κ1) is 20.1. The second kappa shape index (κ2) is 9.08. The van der Waals surface area contributed by atoms with Crippen molar-refractivity contribution in [3.05, 3.63) is 53.8 Å². The van der Waals surface area contributed by atoms with E-state index >= 15 is 0 Å². The summed E-state index contributed by atoms with van der Waals surface area (Å²) in [6.45, 7) is 0. The minimum atomic E-state index is -0.208. The maximum atomic E-state index is 13.8. The fraction of sp³-hybridized carbons (Fsp3) is 0.111. The summed E-state index contributed by atoms with van der Waals surface area (Å²) >= 11 is 5.56. The molecule has 11 heteroatoms. The SMILES string of the molecule is Nc1nnc(SCC(=O)Nc2ccc3nc(SCc4ccccc4F)sc3c2)s1. The van der Waals surface area contributed by atoms with Crippen molar-refractivity contribution in [2.24, 2.45) is 0 Å². The Morgan fingerprint density at radius 3 is 2.76 bits per heavy atom. The normalized spacial score (nSPS) is 11.1. The number of thiazole rings is 1. The van der Waals surface area contributed by atoms with Crippen LogP contribution in [-0.4, -0.2) is 26.8 Å². The van der Waals surface area contributed by atoms with Gasteiger partial charge in [0.05, 0.1) is 16.0 Å². The Bertz CT molecular complexity index is 1160. The molecule has 2 heterocycles. The van der Waals surface area contributed by atoms with Crippen LogP contribution in [0.5, 0.6) is 0 Å². The molecule has 1 amide bonds. The molecule has 148 valence electrons. The van der Waals surface area contributed by atoms with Crippen LogP contribution in [0.3, 0.4) is 0 Å². The number of carbonyl (C=O) groups excluding carboxylic acids is 1. The Labute approximate surface area is 182 Å². The number of aromatic nitrogens is 3. The second-order valence-electron chi connectivity index (χ2n) is 5.79. The highest BCUT2D eigenvalue weighted by atomic mass is 32.2. The van der Waals surface area contributed by atoms with E-state index in [9.17, 15) is 9.18 Å². The van der Waals surface area contributed by atoms with Gasteiger partial charge < -0.3 is 11.1 Å². The molecule has 3 N–H and O–H groups in total. The summed E-state index contributed by atoms with van der Waals surface area (Å²) in [6.07, 6.45) is 0. The van der Waals surface area contributed by atoms with Gasteiger partial charge in [-0.15, -0.1) is 21.5 Å². The zero-order valence-electron chi connectivity index (χ0n) is 14.8.